The zero-order valence-electron chi connectivity index (χ0n) is 12.5. The number of alkyl halides is 3. The molecule has 5 N–H and O–H groups in total. The molecular formula is C14H24F3N3O. The summed E-state index contributed by atoms with van der Waals surface area (Å²) < 4.78 is 38.0. The van der Waals surface area contributed by atoms with Crippen LogP contribution in [0.15, 0.2) is 23.3 Å². The number of carbonyl (C=O) groups excluding carboxylic acids is 1. The van der Waals surface area contributed by atoms with Gasteiger partial charge in [0, 0.05) is 12.1 Å². The average Bonchev–Trinajstić information content (AvgIpc) is 2.41. The largest absolute Gasteiger partial charge is 0.412 e. The fraction of sp³-hybridized carbons (Fsp3) is 0.643. The van der Waals surface area contributed by atoms with Crippen LogP contribution in [0.25, 0.3) is 0 Å². The van der Waals surface area contributed by atoms with Crippen LogP contribution in [0.4, 0.5) is 13.2 Å². The smallest absolute Gasteiger partial charge is 0.351 e. The minimum atomic E-state index is -4.41. The lowest BCUT2D eigenvalue weighted by atomic mass is 10.1. The van der Waals surface area contributed by atoms with Crippen LogP contribution in [0, 0.1) is 0 Å². The molecule has 4 nitrogen and oxygen atoms in total. The number of rotatable bonds is 8. The van der Waals surface area contributed by atoms with Gasteiger partial charge in [-0.05, 0) is 38.8 Å². The topological polar surface area (TPSA) is 81.1 Å². The molecule has 7 heteroatoms. The standard InChI is InChI=1S/C14H24F3N3O/c1-3-6-11(10(2)14(15,16)17)9-20-13(21)12(19)7-4-5-8-18/h3,6,12H,4-5,7-9,18-19H2,1-2H3,(H,20,21)/b6-3-,11-10-/t12-/m0/s1. The van der Waals surface area contributed by atoms with E-state index in [1.165, 1.54) is 12.2 Å². The molecule has 0 aromatic carbocycles. The van der Waals surface area contributed by atoms with Gasteiger partial charge in [0.25, 0.3) is 0 Å². The molecule has 0 rings (SSSR count). The fourth-order valence-corrected chi connectivity index (χ4v) is 1.65. The molecule has 0 heterocycles. The molecule has 0 saturated carbocycles. The Morgan fingerprint density at radius 2 is 1.95 bits per heavy atom. The van der Waals surface area contributed by atoms with E-state index in [-0.39, 0.29) is 12.1 Å². The maximum Gasteiger partial charge on any atom is 0.412 e. The fourth-order valence-electron chi connectivity index (χ4n) is 1.65. The Kier molecular flexibility index (Phi) is 8.96. The normalized spacial score (nSPS) is 15.0. The Labute approximate surface area is 123 Å². The van der Waals surface area contributed by atoms with Crippen molar-refractivity contribution in [2.45, 2.75) is 45.3 Å². The molecule has 0 aliphatic rings. The van der Waals surface area contributed by atoms with Crippen molar-refractivity contribution in [3.8, 4) is 0 Å². The molecule has 21 heavy (non-hydrogen) atoms. The van der Waals surface area contributed by atoms with Gasteiger partial charge in [-0.3, -0.25) is 4.79 Å². The van der Waals surface area contributed by atoms with Gasteiger partial charge in [0.15, 0.2) is 0 Å². The lowest BCUT2D eigenvalue weighted by Gasteiger charge is -2.15. The van der Waals surface area contributed by atoms with Crippen LogP contribution < -0.4 is 16.8 Å². The van der Waals surface area contributed by atoms with Gasteiger partial charge in [-0.15, -0.1) is 0 Å². The third-order valence-corrected chi connectivity index (χ3v) is 3.03. The Hall–Kier alpha value is -1.34. The summed E-state index contributed by atoms with van der Waals surface area (Å²) in [5.74, 6) is -0.455. The molecule has 0 spiro atoms. The maximum absolute atomic E-state index is 12.7. The van der Waals surface area contributed by atoms with Crippen LogP contribution >= 0.6 is 0 Å². The maximum atomic E-state index is 12.7. The van der Waals surface area contributed by atoms with Crippen molar-refractivity contribution in [3.05, 3.63) is 23.3 Å². The molecule has 122 valence electrons. The molecule has 0 aliphatic carbocycles. The first-order chi connectivity index (χ1) is 9.73. The Balaban J connectivity index is 4.61. The molecule has 1 amide bonds. The van der Waals surface area contributed by atoms with E-state index in [1.807, 2.05) is 0 Å². The molecule has 0 radical (unpaired) electrons. The van der Waals surface area contributed by atoms with Gasteiger partial charge in [-0.1, -0.05) is 18.6 Å². The second-order valence-electron chi connectivity index (χ2n) is 4.76. The van der Waals surface area contributed by atoms with Gasteiger partial charge in [-0.25, -0.2) is 0 Å². The number of amides is 1. The van der Waals surface area contributed by atoms with E-state index in [0.29, 0.717) is 19.4 Å². The number of hydrogen-bond donors (Lipinski definition) is 3. The summed E-state index contributed by atoms with van der Waals surface area (Å²) in [5, 5.41) is 2.44. The summed E-state index contributed by atoms with van der Waals surface area (Å²) in [6, 6.07) is -0.727. The average molecular weight is 307 g/mol. The van der Waals surface area contributed by atoms with Crippen LogP contribution in [0.5, 0.6) is 0 Å². The molecule has 0 aromatic rings. The highest BCUT2D eigenvalue weighted by atomic mass is 19.4. The monoisotopic (exact) mass is 307 g/mol. The van der Waals surface area contributed by atoms with Gasteiger partial charge >= 0.3 is 6.18 Å². The van der Waals surface area contributed by atoms with Crippen molar-refractivity contribution in [2.75, 3.05) is 13.1 Å². The predicted octanol–water partition coefficient (Wildman–Crippen LogP) is 2.01. The number of unbranched alkanes of at least 4 members (excludes halogenated alkanes) is 1. The van der Waals surface area contributed by atoms with Crippen LogP contribution in [0.2, 0.25) is 0 Å². The van der Waals surface area contributed by atoms with Gasteiger partial charge in [0.05, 0.1) is 6.04 Å². The lowest BCUT2D eigenvalue weighted by Crippen LogP contribution is -2.41. The number of nitrogens with two attached hydrogens (primary N) is 2. The molecule has 1 atom stereocenters. The van der Waals surface area contributed by atoms with Gasteiger partial charge in [0.2, 0.25) is 5.91 Å². The predicted molar refractivity (Wildman–Crippen MR) is 77.5 cm³/mol. The molecule has 0 unspecified atom stereocenters. The van der Waals surface area contributed by atoms with E-state index in [0.717, 1.165) is 13.3 Å². The second kappa shape index (κ2) is 9.57. The van der Waals surface area contributed by atoms with Gasteiger partial charge < -0.3 is 16.8 Å². The highest BCUT2D eigenvalue weighted by molar-refractivity contribution is 5.81. The van der Waals surface area contributed by atoms with Crippen LogP contribution in [-0.2, 0) is 4.79 Å². The Morgan fingerprint density at radius 3 is 2.43 bits per heavy atom. The minimum absolute atomic E-state index is 0.0208. The molecule has 0 bridgehead atoms. The summed E-state index contributed by atoms with van der Waals surface area (Å²) in [4.78, 5) is 11.7. The van der Waals surface area contributed by atoms with Crippen molar-refractivity contribution in [1.29, 1.82) is 0 Å². The molecular weight excluding hydrogens is 283 g/mol. The first kappa shape index (κ1) is 19.7. The SMILES string of the molecule is C/C=C\C(CNC(=O)[C@@H](N)CCCCN)=C(/C)C(F)(F)F. The number of nitrogens with one attached hydrogen (secondary N) is 1. The number of halogens is 3. The number of carbonyl (C=O) groups is 1. The van der Waals surface area contributed by atoms with Crippen molar-refractivity contribution >= 4 is 5.91 Å². The van der Waals surface area contributed by atoms with E-state index in [2.05, 4.69) is 5.32 Å². The minimum Gasteiger partial charge on any atom is -0.351 e. The van der Waals surface area contributed by atoms with E-state index in [4.69, 9.17) is 11.5 Å². The van der Waals surface area contributed by atoms with Crippen molar-refractivity contribution in [2.24, 2.45) is 11.5 Å². The molecule has 0 saturated heterocycles. The Bertz CT molecular complexity index is 389. The first-order valence-corrected chi connectivity index (χ1v) is 6.87. The molecule has 0 fully saturated rings. The highest BCUT2D eigenvalue weighted by Gasteiger charge is 2.32. The number of allylic oxidation sites excluding steroid dienone is 2. The van der Waals surface area contributed by atoms with Crippen molar-refractivity contribution in [3.63, 3.8) is 0 Å². The van der Waals surface area contributed by atoms with Crippen LogP contribution in [0.1, 0.15) is 33.1 Å². The van der Waals surface area contributed by atoms with Gasteiger partial charge in [0.1, 0.15) is 0 Å². The van der Waals surface area contributed by atoms with E-state index < -0.39 is 23.7 Å². The van der Waals surface area contributed by atoms with E-state index in [9.17, 15) is 18.0 Å². The van der Waals surface area contributed by atoms with Crippen LogP contribution in [-0.4, -0.2) is 31.2 Å². The molecule has 0 aromatic heterocycles. The summed E-state index contributed by atoms with van der Waals surface area (Å²) in [7, 11) is 0. The molecule has 0 aliphatic heterocycles. The quantitative estimate of drug-likeness (QED) is 0.474. The number of hydrogen-bond acceptors (Lipinski definition) is 3. The van der Waals surface area contributed by atoms with Crippen LogP contribution in [0.3, 0.4) is 0 Å². The second-order valence-corrected chi connectivity index (χ2v) is 4.76. The summed E-state index contributed by atoms with van der Waals surface area (Å²) in [6.07, 6.45) is 0.357. The Morgan fingerprint density at radius 1 is 1.33 bits per heavy atom. The van der Waals surface area contributed by atoms with E-state index >= 15 is 0 Å². The lowest BCUT2D eigenvalue weighted by molar-refractivity contribution is -0.122. The third-order valence-electron chi connectivity index (χ3n) is 3.03. The third kappa shape index (κ3) is 7.87. The van der Waals surface area contributed by atoms with Gasteiger partial charge in [-0.2, -0.15) is 13.2 Å². The summed E-state index contributed by atoms with van der Waals surface area (Å²) in [6.45, 7) is 2.93. The zero-order chi connectivity index (χ0) is 16.5. The first-order valence-electron chi connectivity index (χ1n) is 6.87. The van der Waals surface area contributed by atoms with Crippen molar-refractivity contribution < 1.29 is 18.0 Å². The van der Waals surface area contributed by atoms with E-state index in [1.54, 1.807) is 6.92 Å². The summed E-state index contributed by atoms with van der Waals surface area (Å²) in [5.41, 5.74) is 10.3. The highest BCUT2D eigenvalue weighted by Crippen LogP contribution is 2.27. The summed E-state index contributed by atoms with van der Waals surface area (Å²) >= 11 is 0. The van der Waals surface area contributed by atoms with Crippen molar-refractivity contribution in [1.82, 2.24) is 5.32 Å². The zero-order valence-corrected chi connectivity index (χ0v) is 12.5.